The predicted molar refractivity (Wildman–Crippen MR) is 80.9 cm³/mol. The van der Waals surface area contributed by atoms with Crippen LogP contribution in [-0.4, -0.2) is 9.55 Å². The maximum atomic E-state index is 13.8. The number of hydrogen-bond donors (Lipinski definition) is 0. The molecule has 1 aliphatic carbocycles. The SMILES string of the molecule is CC1CCCCC1n1c(CCl)nc2cc(Cl)c(F)cc21. The number of imidazole rings is 1. The van der Waals surface area contributed by atoms with Crippen molar-refractivity contribution in [1.29, 1.82) is 0 Å². The Morgan fingerprint density at radius 2 is 2.10 bits per heavy atom. The van der Waals surface area contributed by atoms with E-state index in [1.807, 2.05) is 0 Å². The fourth-order valence-electron chi connectivity index (χ4n) is 3.28. The first kappa shape index (κ1) is 14.2. The summed E-state index contributed by atoms with van der Waals surface area (Å²) in [6, 6.07) is 3.43. The Morgan fingerprint density at radius 1 is 1.35 bits per heavy atom. The van der Waals surface area contributed by atoms with Crippen molar-refractivity contribution in [2.75, 3.05) is 0 Å². The molecule has 1 aromatic carbocycles. The van der Waals surface area contributed by atoms with E-state index in [2.05, 4.69) is 16.5 Å². The Balaban J connectivity index is 2.19. The highest BCUT2D eigenvalue weighted by Gasteiger charge is 2.27. The van der Waals surface area contributed by atoms with Crippen LogP contribution in [0.5, 0.6) is 0 Å². The number of rotatable bonds is 2. The summed E-state index contributed by atoms with van der Waals surface area (Å²) in [5.41, 5.74) is 1.53. The lowest BCUT2D eigenvalue weighted by Gasteiger charge is -2.31. The first-order valence-electron chi connectivity index (χ1n) is 7.03. The molecular formula is C15H17Cl2FN2. The molecule has 20 heavy (non-hydrogen) atoms. The monoisotopic (exact) mass is 314 g/mol. The van der Waals surface area contributed by atoms with Gasteiger partial charge in [0.1, 0.15) is 11.6 Å². The third kappa shape index (κ3) is 2.31. The lowest BCUT2D eigenvalue weighted by atomic mass is 9.85. The molecule has 1 aliphatic rings. The van der Waals surface area contributed by atoms with Gasteiger partial charge in [-0.05, 0) is 24.8 Å². The summed E-state index contributed by atoms with van der Waals surface area (Å²) >= 11 is 11.9. The maximum absolute atomic E-state index is 13.8. The van der Waals surface area contributed by atoms with Gasteiger partial charge in [-0.1, -0.05) is 31.4 Å². The second-order valence-corrected chi connectivity index (χ2v) is 6.29. The van der Waals surface area contributed by atoms with Gasteiger partial charge in [0.25, 0.3) is 0 Å². The summed E-state index contributed by atoms with van der Waals surface area (Å²) in [6.45, 7) is 2.25. The lowest BCUT2D eigenvalue weighted by molar-refractivity contribution is 0.258. The van der Waals surface area contributed by atoms with Gasteiger partial charge in [0.15, 0.2) is 0 Å². The van der Waals surface area contributed by atoms with Crippen molar-refractivity contribution >= 4 is 34.2 Å². The number of hydrogen-bond acceptors (Lipinski definition) is 1. The minimum absolute atomic E-state index is 0.111. The first-order chi connectivity index (χ1) is 9.61. The largest absolute Gasteiger partial charge is 0.323 e. The zero-order valence-electron chi connectivity index (χ0n) is 11.4. The summed E-state index contributed by atoms with van der Waals surface area (Å²) in [6.07, 6.45) is 4.76. The molecule has 0 saturated heterocycles. The van der Waals surface area contributed by atoms with Gasteiger partial charge in [0.2, 0.25) is 0 Å². The summed E-state index contributed by atoms with van der Waals surface area (Å²) in [7, 11) is 0. The Labute approximate surface area is 127 Å². The van der Waals surface area contributed by atoms with Gasteiger partial charge in [0, 0.05) is 12.1 Å². The van der Waals surface area contributed by atoms with E-state index in [0.717, 1.165) is 23.3 Å². The van der Waals surface area contributed by atoms with Gasteiger partial charge in [-0.2, -0.15) is 0 Å². The van der Waals surface area contributed by atoms with Gasteiger partial charge in [-0.15, -0.1) is 11.6 Å². The molecule has 2 aromatic rings. The molecule has 0 aliphatic heterocycles. The minimum atomic E-state index is -0.398. The van der Waals surface area contributed by atoms with Crippen LogP contribution >= 0.6 is 23.2 Å². The van der Waals surface area contributed by atoms with Gasteiger partial charge in [-0.25, -0.2) is 9.37 Å². The Bertz CT molecular complexity index is 638. The van der Waals surface area contributed by atoms with Crippen molar-refractivity contribution in [3.8, 4) is 0 Å². The molecule has 0 spiro atoms. The summed E-state index contributed by atoms with van der Waals surface area (Å²) < 4.78 is 15.9. The second kappa shape index (κ2) is 5.53. The van der Waals surface area contributed by atoms with Crippen molar-refractivity contribution in [2.24, 2.45) is 5.92 Å². The van der Waals surface area contributed by atoms with Crippen LogP contribution in [0.3, 0.4) is 0 Å². The van der Waals surface area contributed by atoms with E-state index in [9.17, 15) is 4.39 Å². The molecule has 0 amide bonds. The van der Waals surface area contributed by atoms with E-state index >= 15 is 0 Å². The van der Waals surface area contributed by atoms with Crippen LogP contribution in [0.1, 0.15) is 44.5 Å². The highest BCUT2D eigenvalue weighted by Crippen LogP contribution is 2.37. The van der Waals surface area contributed by atoms with E-state index in [4.69, 9.17) is 23.2 Å². The van der Waals surface area contributed by atoms with Crippen molar-refractivity contribution < 1.29 is 4.39 Å². The summed E-state index contributed by atoms with van der Waals surface area (Å²) in [5.74, 6) is 1.30. The van der Waals surface area contributed by atoms with Crippen LogP contribution in [0, 0.1) is 11.7 Å². The molecule has 0 radical (unpaired) electrons. The third-order valence-electron chi connectivity index (χ3n) is 4.32. The topological polar surface area (TPSA) is 17.8 Å². The first-order valence-corrected chi connectivity index (χ1v) is 7.95. The quantitative estimate of drug-likeness (QED) is 0.686. The third-order valence-corrected chi connectivity index (χ3v) is 4.85. The molecular weight excluding hydrogens is 298 g/mol. The van der Waals surface area contributed by atoms with Crippen LogP contribution in [0.2, 0.25) is 5.02 Å². The molecule has 2 nitrogen and oxygen atoms in total. The molecule has 5 heteroatoms. The predicted octanol–water partition coefficient (Wildman–Crippen LogP) is 5.32. The van der Waals surface area contributed by atoms with Gasteiger partial charge in [-0.3, -0.25) is 0 Å². The molecule has 108 valence electrons. The number of benzene rings is 1. The Kier molecular flexibility index (Phi) is 3.91. The number of alkyl halides is 1. The second-order valence-electron chi connectivity index (χ2n) is 5.62. The molecule has 0 bridgehead atoms. The van der Waals surface area contributed by atoms with Crippen molar-refractivity contribution in [1.82, 2.24) is 9.55 Å². The molecule has 1 fully saturated rings. The van der Waals surface area contributed by atoms with E-state index in [0.29, 0.717) is 17.8 Å². The number of nitrogens with zero attached hydrogens (tertiary/aromatic N) is 2. The molecule has 1 heterocycles. The molecule has 2 unspecified atom stereocenters. The van der Waals surface area contributed by atoms with E-state index in [-0.39, 0.29) is 5.02 Å². The average molecular weight is 315 g/mol. The van der Waals surface area contributed by atoms with E-state index in [1.165, 1.54) is 25.3 Å². The van der Waals surface area contributed by atoms with Crippen molar-refractivity contribution in [3.05, 3.63) is 28.8 Å². The fourth-order valence-corrected chi connectivity index (χ4v) is 3.63. The zero-order chi connectivity index (χ0) is 14.3. The van der Waals surface area contributed by atoms with Gasteiger partial charge >= 0.3 is 0 Å². The Hall–Kier alpha value is -0.800. The van der Waals surface area contributed by atoms with Crippen molar-refractivity contribution in [2.45, 2.75) is 44.5 Å². The maximum Gasteiger partial charge on any atom is 0.144 e. The van der Waals surface area contributed by atoms with Crippen molar-refractivity contribution in [3.63, 3.8) is 0 Å². The minimum Gasteiger partial charge on any atom is -0.323 e. The van der Waals surface area contributed by atoms with Crippen LogP contribution in [0.25, 0.3) is 11.0 Å². The average Bonchev–Trinajstić information content (AvgIpc) is 2.77. The zero-order valence-corrected chi connectivity index (χ0v) is 12.9. The summed E-state index contributed by atoms with van der Waals surface area (Å²) in [5, 5.41) is 0.111. The highest BCUT2D eigenvalue weighted by atomic mass is 35.5. The molecule has 2 atom stereocenters. The molecule has 1 saturated carbocycles. The fraction of sp³-hybridized carbons (Fsp3) is 0.533. The van der Waals surface area contributed by atoms with Crippen LogP contribution in [-0.2, 0) is 5.88 Å². The normalized spacial score (nSPS) is 23.4. The van der Waals surface area contributed by atoms with Crippen LogP contribution < -0.4 is 0 Å². The Morgan fingerprint density at radius 3 is 2.80 bits per heavy atom. The lowest BCUT2D eigenvalue weighted by Crippen LogP contribution is -2.22. The smallest absolute Gasteiger partial charge is 0.144 e. The van der Waals surface area contributed by atoms with Crippen LogP contribution in [0.4, 0.5) is 4.39 Å². The molecule has 0 N–H and O–H groups in total. The highest BCUT2D eigenvalue weighted by molar-refractivity contribution is 6.31. The summed E-state index contributed by atoms with van der Waals surface area (Å²) in [4.78, 5) is 4.52. The number of halogens is 3. The number of aromatic nitrogens is 2. The van der Waals surface area contributed by atoms with E-state index in [1.54, 1.807) is 6.07 Å². The molecule has 1 aromatic heterocycles. The standard InChI is InChI=1S/C15H17Cl2FN2/c1-9-4-2-3-5-13(9)20-14-7-11(18)10(17)6-12(14)19-15(20)8-16/h6-7,9,13H,2-5,8H2,1H3. The number of fused-ring (bicyclic) bond motifs is 1. The van der Waals surface area contributed by atoms with Gasteiger partial charge in [0.05, 0.1) is 21.9 Å². The van der Waals surface area contributed by atoms with E-state index < -0.39 is 5.82 Å². The van der Waals surface area contributed by atoms with Gasteiger partial charge < -0.3 is 4.57 Å². The molecule has 3 rings (SSSR count). The van der Waals surface area contributed by atoms with Crippen LogP contribution in [0.15, 0.2) is 12.1 Å².